The molecule has 2 aromatic rings. The third-order valence-electron chi connectivity index (χ3n) is 5.35. The van der Waals surface area contributed by atoms with Gasteiger partial charge in [-0.15, -0.1) is 0 Å². The molecule has 162 valence electrons. The summed E-state index contributed by atoms with van der Waals surface area (Å²) in [6, 6.07) is 12.3. The van der Waals surface area contributed by atoms with Crippen LogP contribution in [-0.2, 0) is 14.8 Å². The van der Waals surface area contributed by atoms with Crippen LogP contribution in [0.4, 0.5) is 5.69 Å². The number of amides is 1. The average molecular weight is 432 g/mol. The summed E-state index contributed by atoms with van der Waals surface area (Å²) in [6.07, 6.45) is 0. The lowest BCUT2D eigenvalue weighted by Gasteiger charge is -2.33. The zero-order valence-corrected chi connectivity index (χ0v) is 18.5. The Labute approximate surface area is 178 Å². The molecule has 2 aromatic carbocycles. The average Bonchev–Trinajstić information content (AvgIpc) is 2.72. The van der Waals surface area contributed by atoms with E-state index in [4.69, 9.17) is 4.74 Å². The quantitative estimate of drug-likeness (QED) is 0.729. The van der Waals surface area contributed by atoms with Crippen molar-refractivity contribution in [3.63, 3.8) is 0 Å². The standard InChI is InChI=1S/C22H29N3O4S/c1-4-29-19-8-10-20(11-9-19)30(27,28)25-14-12-24(13-15-25)16-22(26)23-21-7-5-6-17(2)18(21)3/h5-11H,4,12-16H2,1-3H3,(H,23,26). The van der Waals surface area contributed by atoms with Crippen molar-refractivity contribution in [3.05, 3.63) is 53.6 Å². The lowest BCUT2D eigenvalue weighted by molar-refractivity contribution is -0.117. The maximum Gasteiger partial charge on any atom is 0.243 e. The number of sulfonamides is 1. The molecule has 1 N–H and O–H groups in total. The second kappa shape index (κ2) is 9.59. The number of piperazine rings is 1. The van der Waals surface area contributed by atoms with Crippen LogP contribution in [-0.4, -0.2) is 62.9 Å². The summed E-state index contributed by atoms with van der Waals surface area (Å²) in [7, 11) is -3.55. The third kappa shape index (κ3) is 5.19. The Morgan fingerprint density at radius 2 is 1.70 bits per heavy atom. The molecule has 0 unspecified atom stereocenters. The topological polar surface area (TPSA) is 79.0 Å². The van der Waals surface area contributed by atoms with Crippen molar-refractivity contribution in [2.45, 2.75) is 25.7 Å². The fourth-order valence-corrected chi connectivity index (χ4v) is 4.85. The minimum atomic E-state index is -3.55. The molecular formula is C22H29N3O4S. The Morgan fingerprint density at radius 1 is 1.03 bits per heavy atom. The molecule has 1 aliphatic rings. The van der Waals surface area contributed by atoms with Gasteiger partial charge in [-0.05, 0) is 62.2 Å². The predicted octanol–water partition coefficient (Wildman–Crippen LogP) is 2.65. The molecule has 1 saturated heterocycles. The van der Waals surface area contributed by atoms with Gasteiger partial charge in [0.1, 0.15) is 5.75 Å². The molecule has 1 amide bonds. The number of hydrogen-bond acceptors (Lipinski definition) is 5. The number of hydrogen-bond donors (Lipinski definition) is 1. The van der Waals surface area contributed by atoms with E-state index >= 15 is 0 Å². The van der Waals surface area contributed by atoms with Gasteiger partial charge < -0.3 is 10.1 Å². The first-order valence-corrected chi connectivity index (χ1v) is 11.6. The molecule has 7 nitrogen and oxygen atoms in total. The molecule has 0 spiro atoms. The van der Waals surface area contributed by atoms with Gasteiger partial charge in [-0.1, -0.05) is 12.1 Å². The number of rotatable bonds is 7. The Bertz CT molecular complexity index is 982. The highest BCUT2D eigenvalue weighted by Crippen LogP contribution is 2.21. The van der Waals surface area contributed by atoms with E-state index in [9.17, 15) is 13.2 Å². The molecular weight excluding hydrogens is 402 g/mol. The first-order chi connectivity index (χ1) is 14.3. The van der Waals surface area contributed by atoms with Crippen molar-refractivity contribution in [1.82, 2.24) is 9.21 Å². The Hall–Kier alpha value is -2.42. The molecule has 1 fully saturated rings. The van der Waals surface area contributed by atoms with Crippen LogP contribution in [0.25, 0.3) is 0 Å². The maximum atomic E-state index is 12.9. The van der Waals surface area contributed by atoms with Gasteiger partial charge in [0.05, 0.1) is 18.0 Å². The van der Waals surface area contributed by atoms with E-state index in [0.29, 0.717) is 38.5 Å². The molecule has 0 aromatic heterocycles. The molecule has 0 saturated carbocycles. The van der Waals surface area contributed by atoms with E-state index in [1.165, 1.54) is 4.31 Å². The maximum absolute atomic E-state index is 12.9. The minimum absolute atomic E-state index is 0.0912. The van der Waals surface area contributed by atoms with Crippen molar-refractivity contribution in [2.75, 3.05) is 44.6 Å². The Kier molecular flexibility index (Phi) is 7.12. The molecule has 0 radical (unpaired) electrons. The number of benzene rings is 2. The molecule has 30 heavy (non-hydrogen) atoms. The van der Waals surface area contributed by atoms with Crippen LogP contribution in [0.3, 0.4) is 0 Å². The first-order valence-electron chi connectivity index (χ1n) is 10.1. The fraction of sp³-hybridized carbons (Fsp3) is 0.409. The van der Waals surface area contributed by atoms with Gasteiger partial charge in [0.2, 0.25) is 15.9 Å². The Morgan fingerprint density at radius 3 is 2.33 bits per heavy atom. The van der Waals surface area contributed by atoms with Crippen LogP contribution >= 0.6 is 0 Å². The van der Waals surface area contributed by atoms with Gasteiger partial charge in [0.25, 0.3) is 0 Å². The summed E-state index contributed by atoms with van der Waals surface area (Å²) >= 11 is 0. The number of anilines is 1. The van der Waals surface area contributed by atoms with E-state index in [1.807, 2.05) is 43.9 Å². The van der Waals surface area contributed by atoms with E-state index in [0.717, 1.165) is 16.8 Å². The second-order valence-electron chi connectivity index (χ2n) is 7.38. The number of carbonyl (C=O) groups excluding carboxylic acids is 1. The molecule has 0 atom stereocenters. The van der Waals surface area contributed by atoms with Gasteiger partial charge in [0.15, 0.2) is 0 Å². The van der Waals surface area contributed by atoms with Crippen molar-refractivity contribution < 1.29 is 17.9 Å². The number of nitrogens with zero attached hydrogens (tertiary/aromatic N) is 2. The van der Waals surface area contributed by atoms with Crippen molar-refractivity contribution >= 4 is 21.6 Å². The van der Waals surface area contributed by atoms with E-state index in [1.54, 1.807) is 24.3 Å². The van der Waals surface area contributed by atoms with Gasteiger partial charge in [-0.2, -0.15) is 4.31 Å². The number of nitrogens with one attached hydrogen (secondary N) is 1. The third-order valence-corrected chi connectivity index (χ3v) is 7.26. The lowest BCUT2D eigenvalue weighted by Crippen LogP contribution is -2.50. The van der Waals surface area contributed by atoms with Gasteiger partial charge in [0, 0.05) is 31.9 Å². The molecule has 0 aliphatic carbocycles. The molecule has 3 rings (SSSR count). The van der Waals surface area contributed by atoms with Crippen LogP contribution in [0.2, 0.25) is 0 Å². The summed E-state index contributed by atoms with van der Waals surface area (Å²) in [6.45, 7) is 8.37. The van der Waals surface area contributed by atoms with E-state index in [-0.39, 0.29) is 17.3 Å². The molecule has 1 aliphatic heterocycles. The first kappa shape index (κ1) is 22.3. The highest BCUT2D eigenvalue weighted by molar-refractivity contribution is 7.89. The van der Waals surface area contributed by atoms with E-state index in [2.05, 4.69) is 5.32 Å². The zero-order chi connectivity index (χ0) is 21.7. The zero-order valence-electron chi connectivity index (χ0n) is 17.7. The second-order valence-corrected chi connectivity index (χ2v) is 9.32. The monoisotopic (exact) mass is 431 g/mol. The van der Waals surface area contributed by atoms with Crippen molar-refractivity contribution in [1.29, 1.82) is 0 Å². The van der Waals surface area contributed by atoms with Crippen LogP contribution in [0.5, 0.6) is 5.75 Å². The smallest absolute Gasteiger partial charge is 0.243 e. The van der Waals surface area contributed by atoms with Crippen LogP contribution in [0.15, 0.2) is 47.4 Å². The SMILES string of the molecule is CCOc1ccc(S(=O)(=O)N2CCN(CC(=O)Nc3cccc(C)c3C)CC2)cc1. The summed E-state index contributed by atoms with van der Waals surface area (Å²) in [4.78, 5) is 14.7. The minimum Gasteiger partial charge on any atom is -0.494 e. The molecule has 8 heteroatoms. The fourth-order valence-electron chi connectivity index (χ4n) is 3.43. The van der Waals surface area contributed by atoms with Crippen molar-refractivity contribution in [3.8, 4) is 5.75 Å². The van der Waals surface area contributed by atoms with Crippen LogP contribution in [0, 0.1) is 13.8 Å². The van der Waals surface area contributed by atoms with Crippen LogP contribution < -0.4 is 10.1 Å². The normalized spacial score (nSPS) is 15.7. The number of aryl methyl sites for hydroxylation is 1. The highest BCUT2D eigenvalue weighted by Gasteiger charge is 2.29. The summed E-state index contributed by atoms with van der Waals surface area (Å²) in [5.41, 5.74) is 3.00. The van der Waals surface area contributed by atoms with Gasteiger partial charge in [-0.25, -0.2) is 8.42 Å². The Balaban J connectivity index is 1.55. The van der Waals surface area contributed by atoms with Crippen molar-refractivity contribution in [2.24, 2.45) is 0 Å². The largest absolute Gasteiger partial charge is 0.494 e. The van der Waals surface area contributed by atoms with Gasteiger partial charge >= 0.3 is 0 Å². The predicted molar refractivity (Wildman–Crippen MR) is 117 cm³/mol. The van der Waals surface area contributed by atoms with E-state index < -0.39 is 10.0 Å². The summed E-state index contributed by atoms with van der Waals surface area (Å²) in [5, 5.41) is 2.96. The summed E-state index contributed by atoms with van der Waals surface area (Å²) < 4.78 is 32.6. The van der Waals surface area contributed by atoms with Gasteiger partial charge in [-0.3, -0.25) is 9.69 Å². The van der Waals surface area contributed by atoms with Crippen LogP contribution in [0.1, 0.15) is 18.1 Å². The number of ether oxygens (including phenoxy) is 1. The number of carbonyl (C=O) groups is 1. The lowest BCUT2D eigenvalue weighted by atomic mass is 10.1. The highest BCUT2D eigenvalue weighted by atomic mass is 32.2. The molecule has 0 bridgehead atoms. The molecule has 1 heterocycles. The summed E-state index contributed by atoms with van der Waals surface area (Å²) in [5.74, 6) is 0.558.